The molecule has 0 saturated heterocycles. The summed E-state index contributed by atoms with van der Waals surface area (Å²) in [5.41, 5.74) is 0. The molecule has 0 spiro atoms. The number of phosphoric ester groups is 1. The van der Waals surface area contributed by atoms with Gasteiger partial charge in [-0.2, -0.15) is 0 Å². The summed E-state index contributed by atoms with van der Waals surface area (Å²) in [6.45, 7) is 6.84. The second-order valence-electron chi connectivity index (χ2n) is 22.2. The highest BCUT2D eigenvalue weighted by Gasteiger charge is 2.30. The van der Waals surface area contributed by atoms with Gasteiger partial charge in [-0.25, -0.2) is 4.57 Å². The molecule has 2 N–H and O–H groups in total. The van der Waals surface area contributed by atoms with E-state index in [-0.39, 0.29) is 31.5 Å². The number of nitrogens with one attached hydrogen (secondary N) is 1. The van der Waals surface area contributed by atoms with Gasteiger partial charge in [0.25, 0.3) is 0 Å². The van der Waals surface area contributed by atoms with Gasteiger partial charge in [0.15, 0.2) is 0 Å². The van der Waals surface area contributed by atoms with E-state index in [1.54, 1.807) is 0 Å². The molecule has 1 amide bonds. The lowest BCUT2D eigenvalue weighted by atomic mass is 10.0. The smallest absolute Gasteiger partial charge is 0.456 e. The van der Waals surface area contributed by atoms with E-state index in [1.807, 2.05) is 33.3 Å². The van der Waals surface area contributed by atoms with Crippen LogP contribution in [0.1, 0.15) is 258 Å². The molecule has 0 aliphatic carbocycles. The van der Waals surface area contributed by atoms with Crippen molar-refractivity contribution in [2.75, 3.05) is 40.9 Å². The minimum absolute atomic E-state index is 0.0283. The highest BCUT2D eigenvalue weighted by Crippen LogP contribution is 2.43. The van der Waals surface area contributed by atoms with Gasteiger partial charge < -0.3 is 19.4 Å². The molecule has 9 nitrogen and oxygen atoms in total. The third-order valence-electron chi connectivity index (χ3n) is 13.4. The summed E-state index contributed by atoms with van der Waals surface area (Å²) in [7, 11) is 1.46. The molecule has 0 saturated carbocycles. The number of ether oxygens (including phenoxy) is 1. The van der Waals surface area contributed by atoms with Crippen molar-refractivity contribution in [2.24, 2.45) is 0 Å². The zero-order valence-corrected chi connectivity index (χ0v) is 52.0. The van der Waals surface area contributed by atoms with E-state index in [9.17, 15) is 19.0 Å². The number of esters is 1. The van der Waals surface area contributed by atoms with Gasteiger partial charge in [0.2, 0.25) is 5.91 Å². The Morgan fingerprint density at radius 2 is 0.821 bits per heavy atom. The summed E-state index contributed by atoms with van der Waals surface area (Å²) in [6, 6.07) is -0.872. The molecule has 3 atom stereocenters. The van der Waals surface area contributed by atoms with Crippen LogP contribution in [-0.4, -0.2) is 74.3 Å². The van der Waals surface area contributed by atoms with Crippen LogP contribution in [0.25, 0.3) is 0 Å². The number of carbonyl (C=O) groups is 2. The molecule has 0 heterocycles. The van der Waals surface area contributed by atoms with Gasteiger partial charge in [-0.05, 0) is 115 Å². The number of likely N-dealkylation sites (N-methyl/N-ethyl adjacent to an activating group) is 1. The number of hydrogen-bond donors (Lipinski definition) is 2. The first-order chi connectivity index (χ1) is 37.9. The van der Waals surface area contributed by atoms with Crippen LogP contribution in [-0.2, 0) is 27.9 Å². The standard InChI is InChI=1S/C68H119N2O7P/c1-7-10-13-16-19-22-25-28-30-32-33-34-35-36-37-39-41-43-46-49-52-55-58-61-68(72)77-66(59-56-53-50-47-44-27-24-21-18-15-12-9-3)65(64-76-78(73,74)75-63-62-70(4,5)6)69-67(71)60-57-54-51-48-45-42-40-38-31-29-26-23-20-17-14-11-8-2/h10,13,19-20,22-23,28-31,33-34,36-37,40,42,56,59,65-66H,7-9,11-12,14-18,21,24-27,32,35,38-39,41,43-55,57-58,60-64H2,1-6H3,(H-,69,71,73,74)/p+1/b13-10-,22-19-,23-20-,30-28-,31-29-,34-33-,37-36-,42-40-,59-56-. The van der Waals surface area contributed by atoms with E-state index in [0.717, 1.165) is 122 Å². The molecule has 0 aliphatic rings. The molecule has 10 heteroatoms. The molecule has 0 aromatic carbocycles. The molecule has 78 heavy (non-hydrogen) atoms. The van der Waals surface area contributed by atoms with E-state index >= 15 is 0 Å². The zero-order valence-electron chi connectivity index (χ0n) is 51.1. The molecule has 0 aromatic heterocycles. The molecule has 0 radical (unpaired) electrons. The van der Waals surface area contributed by atoms with Crippen molar-refractivity contribution in [1.29, 1.82) is 0 Å². The molecule has 448 valence electrons. The maximum absolute atomic E-state index is 13.5. The Morgan fingerprint density at radius 1 is 0.462 bits per heavy atom. The van der Waals surface area contributed by atoms with Crippen LogP contribution in [0.15, 0.2) is 109 Å². The number of unbranched alkanes of at least 4 members (excludes halogenated alkanes) is 24. The predicted molar refractivity (Wildman–Crippen MR) is 337 cm³/mol. The molecule has 0 aliphatic heterocycles. The van der Waals surface area contributed by atoms with Gasteiger partial charge in [0, 0.05) is 12.8 Å². The van der Waals surface area contributed by atoms with Crippen molar-refractivity contribution < 1.29 is 37.3 Å². The molecule has 0 aromatic rings. The Labute approximate surface area is 481 Å². The summed E-state index contributed by atoms with van der Waals surface area (Å²) < 4.78 is 30.7. The second kappa shape index (κ2) is 56.9. The average Bonchev–Trinajstić information content (AvgIpc) is 3.40. The van der Waals surface area contributed by atoms with E-state index < -0.39 is 20.0 Å². The third-order valence-corrected chi connectivity index (χ3v) is 14.4. The van der Waals surface area contributed by atoms with Crippen molar-refractivity contribution >= 4 is 19.7 Å². The fraction of sp³-hybridized carbons (Fsp3) is 0.706. The second-order valence-corrected chi connectivity index (χ2v) is 23.6. The van der Waals surface area contributed by atoms with Gasteiger partial charge >= 0.3 is 13.8 Å². The largest absolute Gasteiger partial charge is 0.472 e. The number of phosphoric acid groups is 1. The summed E-state index contributed by atoms with van der Waals surface area (Å²) in [4.78, 5) is 37.7. The van der Waals surface area contributed by atoms with Crippen LogP contribution in [0, 0.1) is 0 Å². The Balaban J connectivity index is 5.28. The number of rotatable bonds is 56. The van der Waals surface area contributed by atoms with Gasteiger partial charge in [0.1, 0.15) is 19.3 Å². The molecule has 0 bridgehead atoms. The molecule has 3 unspecified atom stereocenters. The first kappa shape index (κ1) is 74.7. The van der Waals surface area contributed by atoms with E-state index in [2.05, 4.69) is 123 Å². The monoisotopic (exact) mass is 1110 g/mol. The highest BCUT2D eigenvalue weighted by atomic mass is 31.2. The van der Waals surface area contributed by atoms with Gasteiger partial charge in [-0.3, -0.25) is 18.6 Å². The topological polar surface area (TPSA) is 111 Å². The number of nitrogens with zero attached hydrogens (tertiary/aromatic N) is 1. The number of hydrogen-bond acceptors (Lipinski definition) is 6. The van der Waals surface area contributed by atoms with Gasteiger partial charge in [-0.15, -0.1) is 0 Å². The molecule has 0 fully saturated rings. The van der Waals surface area contributed by atoms with Crippen molar-refractivity contribution in [3.8, 4) is 0 Å². The molecule has 0 rings (SSSR count). The van der Waals surface area contributed by atoms with Crippen molar-refractivity contribution in [3.05, 3.63) is 109 Å². The summed E-state index contributed by atoms with van der Waals surface area (Å²) in [5, 5.41) is 3.04. The number of quaternary nitrogens is 1. The van der Waals surface area contributed by atoms with E-state index in [0.29, 0.717) is 23.9 Å². The average molecular weight is 1110 g/mol. The first-order valence-electron chi connectivity index (χ1n) is 31.7. The Hall–Kier alpha value is -3.33. The van der Waals surface area contributed by atoms with E-state index in [4.69, 9.17) is 13.8 Å². The fourth-order valence-electron chi connectivity index (χ4n) is 8.56. The predicted octanol–water partition coefficient (Wildman–Crippen LogP) is 19.7. The van der Waals surface area contributed by atoms with Gasteiger partial charge in [0.05, 0.1) is 33.8 Å². The summed E-state index contributed by atoms with van der Waals surface area (Å²) >= 11 is 0. The highest BCUT2D eigenvalue weighted by molar-refractivity contribution is 7.47. The van der Waals surface area contributed by atoms with Crippen LogP contribution in [0.2, 0.25) is 0 Å². The Bertz CT molecular complexity index is 1700. The third kappa shape index (κ3) is 57.4. The first-order valence-corrected chi connectivity index (χ1v) is 33.2. The normalized spacial score (nSPS) is 14.4. The maximum atomic E-state index is 13.5. The SMILES string of the molecule is CC/C=C\C/C=C\C/C=C\C/C=C\C/C=C\CCCCCCCCCC(=O)OC(/C=C\CCCCCCCCCCCC)C(COP(=O)(O)OCC[N+](C)(C)C)NC(=O)CCCCCC/C=C\C/C=C\C/C=C\CCCCC. The number of carbonyl (C=O) groups excluding carboxylic acids is 2. The number of allylic oxidation sites excluding steroid dienone is 17. The van der Waals surface area contributed by atoms with Gasteiger partial charge in [-0.1, -0.05) is 240 Å². The lowest BCUT2D eigenvalue weighted by Gasteiger charge is -2.27. The minimum Gasteiger partial charge on any atom is -0.456 e. The fourth-order valence-corrected chi connectivity index (χ4v) is 9.30. The van der Waals surface area contributed by atoms with Crippen LogP contribution in [0.3, 0.4) is 0 Å². The van der Waals surface area contributed by atoms with Crippen molar-refractivity contribution in [1.82, 2.24) is 5.32 Å². The maximum Gasteiger partial charge on any atom is 0.472 e. The number of amides is 1. The lowest BCUT2D eigenvalue weighted by Crippen LogP contribution is -2.47. The van der Waals surface area contributed by atoms with Crippen molar-refractivity contribution in [2.45, 2.75) is 270 Å². The van der Waals surface area contributed by atoms with Crippen LogP contribution >= 0.6 is 7.82 Å². The van der Waals surface area contributed by atoms with Crippen LogP contribution in [0.5, 0.6) is 0 Å². The molecular formula is C68H120N2O7P+. The van der Waals surface area contributed by atoms with Crippen molar-refractivity contribution in [3.63, 3.8) is 0 Å². The summed E-state index contributed by atoms with van der Waals surface area (Å²) in [5.74, 6) is -0.548. The lowest BCUT2D eigenvalue weighted by molar-refractivity contribution is -0.870. The zero-order chi connectivity index (χ0) is 57.2. The Kier molecular flexibility index (Phi) is 54.5. The van der Waals surface area contributed by atoms with Crippen LogP contribution < -0.4 is 5.32 Å². The minimum atomic E-state index is -4.46. The Morgan fingerprint density at radius 3 is 1.26 bits per heavy atom. The van der Waals surface area contributed by atoms with E-state index in [1.165, 1.54) is 96.3 Å². The summed E-state index contributed by atoms with van der Waals surface area (Å²) in [6.07, 6.45) is 78.0. The van der Waals surface area contributed by atoms with Crippen LogP contribution in [0.4, 0.5) is 0 Å². The molecular weight excluding hydrogens is 988 g/mol. The quantitative estimate of drug-likeness (QED) is 0.0205.